The molecule has 0 radical (unpaired) electrons. The number of carbonyl (C=O) groups is 1. The molecular weight excluding hydrogens is 336 g/mol. The fourth-order valence-corrected chi connectivity index (χ4v) is 4.09. The average Bonchev–Trinajstić information content (AvgIpc) is 2.67. The summed E-state index contributed by atoms with van der Waals surface area (Å²) in [6, 6.07) is 10.3. The number of rotatable bonds is 5. The Hall–Kier alpha value is -1.10. The van der Waals surface area contributed by atoms with Crippen molar-refractivity contribution in [2.24, 2.45) is 5.92 Å². The molecule has 2 aliphatic rings. The van der Waals surface area contributed by atoms with Gasteiger partial charge in [0, 0.05) is 26.3 Å². The third kappa shape index (κ3) is 4.55. The van der Waals surface area contributed by atoms with Gasteiger partial charge in [-0.3, -0.25) is 4.79 Å². The lowest BCUT2D eigenvalue weighted by Gasteiger charge is -2.42. The number of piperidine rings is 1. The molecule has 0 bridgehead atoms. The molecule has 140 valence electrons. The molecule has 2 saturated heterocycles. The summed E-state index contributed by atoms with van der Waals surface area (Å²) in [5, 5.41) is 3.44. The zero-order valence-corrected chi connectivity index (χ0v) is 16.0. The highest BCUT2D eigenvalue weighted by Gasteiger charge is 2.44. The molecule has 3 rings (SSSR count). The van der Waals surface area contributed by atoms with E-state index in [1.54, 1.807) is 0 Å². The predicted molar refractivity (Wildman–Crippen MR) is 103 cm³/mol. The quantitative estimate of drug-likeness (QED) is 0.871. The predicted octanol–water partition coefficient (Wildman–Crippen LogP) is 3.00. The van der Waals surface area contributed by atoms with Crippen LogP contribution >= 0.6 is 12.4 Å². The van der Waals surface area contributed by atoms with Crippen molar-refractivity contribution in [1.29, 1.82) is 0 Å². The van der Waals surface area contributed by atoms with Crippen LogP contribution in [0.3, 0.4) is 0 Å². The minimum atomic E-state index is -0.381. The molecule has 1 aromatic rings. The average molecular weight is 367 g/mol. The molecule has 0 atom stereocenters. The van der Waals surface area contributed by atoms with Crippen LogP contribution in [0.25, 0.3) is 0 Å². The molecule has 2 fully saturated rings. The van der Waals surface area contributed by atoms with Crippen molar-refractivity contribution in [3.8, 4) is 0 Å². The molecule has 0 aromatic heterocycles. The van der Waals surface area contributed by atoms with Crippen LogP contribution < -0.4 is 5.32 Å². The second kappa shape index (κ2) is 9.56. The van der Waals surface area contributed by atoms with Crippen molar-refractivity contribution in [1.82, 2.24) is 10.2 Å². The SMILES string of the molecule is CCNCC1CCN(C(=O)C2(c3ccccc3)CCOCC2)CC1.Cl. The second-order valence-electron chi connectivity index (χ2n) is 7.10. The molecule has 4 nitrogen and oxygen atoms in total. The maximum Gasteiger partial charge on any atom is 0.233 e. The number of nitrogens with zero attached hydrogens (tertiary/aromatic N) is 1. The summed E-state index contributed by atoms with van der Waals surface area (Å²) in [4.78, 5) is 15.6. The van der Waals surface area contributed by atoms with Gasteiger partial charge in [0.15, 0.2) is 0 Å². The lowest BCUT2D eigenvalue weighted by molar-refractivity contribution is -0.142. The Labute approximate surface area is 157 Å². The Morgan fingerprint density at radius 3 is 2.44 bits per heavy atom. The Morgan fingerprint density at radius 1 is 1.20 bits per heavy atom. The first-order valence-electron chi connectivity index (χ1n) is 9.39. The number of nitrogens with one attached hydrogen (secondary N) is 1. The summed E-state index contributed by atoms with van der Waals surface area (Å²) >= 11 is 0. The van der Waals surface area contributed by atoms with Crippen LogP contribution in [-0.2, 0) is 14.9 Å². The summed E-state index contributed by atoms with van der Waals surface area (Å²) < 4.78 is 5.57. The largest absolute Gasteiger partial charge is 0.381 e. The number of hydrogen-bond acceptors (Lipinski definition) is 3. The minimum Gasteiger partial charge on any atom is -0.381 e. The minimum absolute atomic E-state index is 0. The number of halogens is 1. The highest BCUT2D eigenvalue weighted by Crippen LogP contribution is 2.37. The molecule has 2 aliphatic heterocycles. The van der Waals surface area contributed by atoms with Gasteiger partial charge in [0.05, 0.1) is 5.41 Å². The standard InChI is InChI=1S/C20H30N2O2.ClH/c1-2-21-16-17-8-12-22(13-9-17)19(23)20(10-14-24-15-11-20)18-6-4-3-5-7-18;/h3-7,17,21H,2,8-16H2,1H3;1H. The molecule has 0 aliphatic carbocycles. The van der Waals surface area contributed by atoms with E-state index in [0.717, 1.165) is 57.4 Å². The topological polar surface area (TPSA) is 41.6 Å². The maximum atomic E-state index is 13.5. The van der Waals surface area contributed by atoms with Crippen LogP contribution in [-0.4, -0.2) is 50.2 Å². The number of hydrogen-bond donors (Lipinski definition) is 1. The summed E-state index contributed by atoms with van der Waals surface area (Å²) in [6.07, 6.45) is 3.82. The first-order valence-corrected chi connectivity index (χ1v) is 9.39. The third-order valence-electron chi connectivity index (χ3n) is 5.67. The van der Waals surface area contributed by atoms with E-state index in [4.69, 9.17) is 4.74 Å². The normalized spacial score (nSPS) is 20.8. The highest BCUT2D eigenvalue weighted by atomic mass is 35.5. The van der Waals surface area contributed by atoms with Crippen LogP contribution in [0.5, 0.6) is 0 Å². The number of benzene rings is 1. The van der Waals surface area contributed by atoms with Gasteiger partial charge in [-0.25, -0.2) is 0 Å². The first kappa shape index (κ1) is 20.2. The van der Waals surface area contributed by atoms with Gasteiger partial charge in [-0.05, 0) is 50.3 Å². The van der Waals surface area contributed by atoms with E-state index >= 15 is 0 Å². The van der Waals surface area contributed by atoms with E-state index in [1.165, 1.54) is 0 Å². The molecule has 1 amide bonds. The lowest BCUT2D eigenvalue weighted by Crippen LogP contribution is -2.52. The van der Waals surface area contributed by atoms with E-state index < -0.39 is 0 Å². The van der Waals surface area contributed by atoms with Crippen LogP contribution in [0.15, 0.2) is 30.3 Å². The molecular formula is C20H31ClN2O2. The number of carbonyl (C=O) groups excluding carboxylic acids is 1. The summed E-state index contributed by atoms with van der Waals surface area (Å²) in [5.74, 6) is 1.02. The molecule has 25 heavy (non-hydrogen) atoms. The molecule has 1 N–H and O–H groups in total. The molecule has 0 spiro atoms. The molecule has 5 heteroatoms. The lowest BCUT2D eigenvalue weighted by atomic mass is 9.72. The summed E-state index contributed by atoms with van der Waals surface area (Å²) in [7, 11) is 0. The Bertz CT molecular complexity index is 524. The van der Waals surface area contributed by atoms with Crippen molar-refractivity contribution < 1.29 is 9.53 Å². The van der Waals surface area contributed by atoms with Crippen molar-refractivity contribution >= 4 is 18.3 Å². The zero-order valence-electron chi connectivity index (χ0n) is 15.2. The first-order chi connectivity index (χ1) is 11.8. The third-order valence-corrected chi connectivity index (χ3v) is 5.67. The maximum absolute atomic E-state index is 13.5. The van der Waals surface area contributed by atoms with Gasteiger partial charge in [0.2, 0.25) is 5.91 Å². The van der Waals surface area contributed by atoms with E-state index in [9.17, 15) is 4.79 Å². The highest BCUT2D eigenvalue weighted by molar-refractivity contribution is 5.88. The zero-order chi connectivity index (χ0) is 16.8. The van der Waals surface area contributed by atoms with Gasteiger partial charge in [0.1, 0.15) is 0 Å². The van der Waals surface area contributed by atoms with Crippen LogP contribution in [0.1, 0.15) is 38.2 Å². The summed E-state index contributed by atoms with van der Waals surface area (Å²) in [5.41, 5.74) is 0.779. The van der Waals surface area contributed by atoms with Crippen molar-refractivity contribution in [3.05, 3.63) is 35.9 Å². The Kier molecular flexibility index (Phi) is 7.73. The number of ether oxygens (including phenoxy) is 1. The molecule has 1 aromatic carbocycles. The van der Waals surface area contributed by atoms with Crippen molar-refractivity contribution in [2.45, 2.75) is 38.0 Å². The number of likely N-dealkylation sites (tertiary alicyclic amines) is 1. The van der Waals surface area contributed by atoms with Gasteiger partial charge >= 0.3 is 0 Å². The Morgan fingerprint density at radius 2 is 1.84 bits per heavy atom. The number of amides is 1. The van der Waals surface area contributed by atoms with E-state index in [-0.39, 0.29) is 17.8 Å². The molecule has 0 unspecified atom stereocenters. The monoisotopic (exact) mass is 366 g/mol. The van der Waals surface area contributed by atoms with E-state index in [0.29, 0.717) is 25.0 Å². The second-order valence-corrected chi connectivity index (χ2v) is 7.10. The fourth-order valence-electron chi connectivity index (χ4n) is 4.09. The Balaban J connectivity index is 0.00000225. The van der Waals surface area contributed by atoms with Crippen LogP contribution in [0, 0.1) is 5.92 Å². The van der Waals surface area contributed by atoms with Gasteiger partial charge in [0.25, 0.3) is 0 Å². The van der Waals surface area contributed by atoms with Gasteiger partial charge < -0.3 is 15.0 Å². The van der Waals surface area contributed by atoms with Gasteiger partial charge in [-0.15, -0.1) is 12.4 Å². The van der Waals surface area contributed by atoms with E-state index in [1.807, 2.05) is 18.2 Å². The van der Waals surface area contributed by atoms with Crippen LogP contribution in [0.2, 0.25) is 0 Å². The molecule has 0 saturated carbocycles. The van der Waals surface area contributed by atoms with E-state index in [2.05, 4.69) is 29.3 Å². The fraction of sp³-hybridized carbons (Fsp3) is 0.650. The van der Waals surface area contributed by atoms with Gasteiger partial charge in [-0.1, -0.05) is 37.3 Å². The summed E-state index contributed by atoms with van der Waals surface area (Å²) in [6.45, 7) is 7.39. The molecule has 2 heterocycles. The van der Waals surface area contributed by atoms with Crippen molar-refractivity contribution in [2.75, 3.05) is 39.4 Å². The smallest absolute Gasteiger partial charge is 0.233 e. The van der Waals surface area contributed by atoms with Gasteiger partial charge in [-0.2, -0.15) is 0 Å². The van der Waals surface area contributed by atoms with Crippen LogP contribution in [0.4, 0.5) is 0 Å². The van der Waals surface area contributed by atoms with Crippen molar-refractivity contribution in [3.63, 3.8) is 0 Å².